The zero-order valence-corrected chi connectivity index (χ0v) is 11.5. The summed E-state index contributed by atoms with van der Waals surface area (Å²) in [6.07, 6.45) is 2.63. The van der Waals surface area contributed by atoms with E-state index in [1.54, 1.807) is 0 Å². The highest BCUT2D eigenvalue weighted by molar-refractivity contribution is 5.88. The largest absolute Gasteiger partial charge is 0.466 e. The SMILES string of the molecule is CCOC(=O)[C@@H]1CCc2[nH]c3c(C)cccc3c2C1. The van der Waals surface area contributed by atoms with Crippen LogP contribution in [-0.4, -0.2) is 17.6 Å². The van der Waals surface area contributed by atoms with Gasteiger partial charge in [0.05, 0.1) is 12.5 Å². The number of para-hydroxylation sites is 1. The van der Waals surface area contributed by atoms with Gasteiger partial charge in [-0.1, -0.05) is 18.2 Å². The molecule has 3 rings (SSSR count). The summed E-state index contributed by atoms with van der Waals surface area (Å²) in [4.78, 5) is 15.4. The number of benzene rings is 1. The predicted molar refractivity (Wildman–Crippen MR) is 75.2 cm³/mol. The molecule has 1 aliphatic carbocycles. The van der Waals surface area contributed by atoms with Gasteiger partial charge in [0.15, 0.2) is 0 Å². The zero-order chi connectivity index (χ0) is 13.4. The minimum atomic E-state index is -0.0462. The van der Waals surface area contributed by atoms with Gasteiger partial charge in [-0.2, -0.15) is 0 Å². The normalized spacial score (nSPS) is 18.3. The van der Waals surface area contributed by atoms with E-state index in [-0.39, 0.29) is 11.9 Å². The first-order valence-electron chi connectivity index (χ1n) is 6.96. The van der Waals surface area contributed by atoms with E-state index in [0.717, 1.165) is 19.3 Å². The summed E-state index contributed by atoms with van der Waals surface area (Å²) >= 11 is 0. The van der Waals surface area contributed by atoms with E-state index in [0.29, 0.717) is 6.61 Å². The topological polar surface area (TPSA) is 42.1 Å². The quantitative estimate of drug-likeness (QED) is 0.840. The molecule has 1 atom stereocenters. The van der Waals surface area contributed by atoms with Gasteiger partial charge in [-0.25, -0.2) is 0 Å². The Bertz CT molecular complexity index is 627. The van der Waals surface area contributed by atoms with E-state index in [2.05, 4.69) is 30.1 Å². The first-order valence-corrected chi connectivity index (χ1v) is 6.96. The van der Waals surface area contributed by atoms with Gasteiger partial charge in [0.25, 0.3) is 0 Å². The molecule has 0 bridgehead atoms. The van der Waals surface area contributed by atoms with Crippen molar-refractivity contribution < 1.29 is 9.53 Å². The number of H-pyrrole nitrogens is 1. The van der Waals surface area contributed by atoms with Gasteiger partial charge in [0.2, 0.25) is 0 Å². The maximum atomic E-state index is 11.9. The lowest BCUT2D eigenvalue weighted by Gasteiger charge is -2.20. The van der Waals surface area contributed by atoms with Gasteiger partial charge in [-0.05, 0) is 44.2 Å². The number of carbonyl (C=O) groups is 1. The van der Waals surface area contributed by atoms with Crippen LogP contribution in [0.3, 0.4) is 0 Å². The van der Waals surface area contributed by atoms with Crippen molar-refractivity contribution in [3.05, 3.63) is 35.0 Å². The number of carbonyl (C=O) groups excluding carboxylic acids is 1. The van der Waals surface area contributed by atoms with E-state index in [4.69, 9.17) is 4.74 Å². The fourth-order valence-electron chi connectivity index (χ4n) is 3.05. The molecular formula is C16H19NO2. The van der Waals surface area contributed by atoms with Crippen LogP contribution in [0.1, 0.15) is 30.2 Å². The Morgan fingerprint density at radius 2 is 2.32 bits per heavy atom. The number of aromatic nitrogens is 1. The number of nitrogens with one attached hydrogen (secondary N) is 1. The van der Waals surface area contributed by atoms with Crippen LogP contribution in [0.5, 0.6) is 0 Å². The van der Waals surface area contributed by atoms with Gasteiger partial charge < -0.3 is 9.72 Å². The van der Waals surface area contributed by atoms with Crippen molar-refractivity contribution in [2.45, 2.75) is 33.1 Å². The molecule has 0 aliphatic heterocycles. The molecule has 1 N–H and O–H groups in total. The van der Waals surface area contributed by atoms with Crippen molar-refractivity contribution in [1.29, 1.82) is 0 Å². The first-order chi connectivity index (χ1) is 9.20. The van der Waals surface area contributed by atoms with Gasteiger partial charge >= 0.3 is 5.97 Å². The highest BCUT2D eigenvalue weighted by Gasteiger charge is 2.28. The third-order valence-corrected chi connectivity index (χ3v) is 4.05. The van der Waals surface area contributed by atoms with E-state index in [1.165, 1.54) is 27.7 Å². The third-order valence-electron chi connectivity index (χ3n) is 4.05. The van der Waals surface area contributed by atoms with E-state index in [9.17, 15) is 4.79 Å². The second-order valence-corrected chi connectivity index (χ2v) is 5.27. The number of ether oxygens (including phenoxy) is 1. The van der Waals surface area contributed by atoms with Gasteiger partial charge in [0, 0.05) is 16.6 Å². The average Bonchev–Trinajstić information content (AvgIpc) is 2.78. The molecule has 1 aliphatic rings. The molecule has 2 aromatic rings. The number of fused-ring (bicyclic) bond motifs is 3. The molecule has 0 saturated heterocycles. The maximum absolute atomic E-state index is 11.9. The summed E-state index contributed by atoms with van der Waals surface area (Å²) in [5.74, 6) is -0.0258. The third kappa shape index (κ3) is 2.03. The Balaban J connectivity index is 1.98. The van der Waals surface area contributed by atoms with E-state index >= 15 is 0 Å². The van der Waals surface area contributed by atoms with E-state index in [1.807, 2.05) is 6.92 Å². The average molecular weight is 257 g/mol. The van der Waals surface area contributed by atoms with Gasteiger partial charge in [0.1, 0.15) is 0 Å². The number of hydrogen-bond acceptors (Lipinski definition) is 2. The number of hydrogen-bond donors (Lipinski definition) is 1. The Morgan fingerprint density at radius 3 is 3.11 bits per heavy atom. The van der Waals surface area contributed by atoms with Crippen LogP contribution in [0, 0.1) is 12.8 Å². The summed E-state index contributed by atoms with van der Waals surface area (Å²) in [7, 11) is 0. The first kappa shape index (κ1) is 12.3. The van der Waals surface area contributed by atoms with Crippen LogP contribution in [0.4, 0.5) is 0 Å². The smallest absolute Gasteiger partial charge is 0.309 e. The molecule has 0 fully saturated rings. The maximum Gasteiger partial charge on any atom is 0.309 e. The van der Waals surface area contributed by atoms with Crippen LogP contribution in [-0.2, 0) is 22.4 Å². The Kier molecular flexibility index (Phi) is 3.05. The molecule has 0 unspecified atom stereocenters. The second-order valence-electron chi connectivity index (χ2n) is 5.27. The summed E-state index contributed by atoms with van der Waals surface area (Å²) in [6, 6.07) is 6.35. The predicted octanol–water partition coefficient (Wildman–Crippen LogP) is 3.14. The molecule has 3 nitrogen and oxygen atoms in total. The molecule has 0 radical (unpaired) electrons. The Morgan fingerprint density at radius 1 is 1.47 bits per heavy atom. The van der Waals surface area contributed by atoms with Crippen LogP contribution < -0.4 is 0 Å². The lowest BCUT2D eigenvalue weighted by molar-refractivity contribution is -0.148. The number of rotatable bonds is 2. The lowest BCUT2D eigenvalue weighted by Crippen LogP contribution is -2.24. The highest BCUT2D eigenvalue weighted by Crippen LogP contribution is 2.33. The number of aromatic amines is 1. The number of esters is 1. The molecule has 3 heteroatoms. The molecule has 1 aromatic heterocycles. The Hall–Kier alpha value is -1.77. The second kappa shape index (κ2) is 4.72. The van der Waals surface area contributed by atoms with Crippen molar-refractivity contribution in [3.8, 4) is 0 Å². The van der Waals surface area contributed by atoms with Gasteiger partial charge in [-0.15, -0.1) is 0 Å². The molecule has 1 heterocycles. The van der Waals surface area contributed by atoms with Gasteiger partial charge in [-0.3, -0.25) is 4.79 Å². The van der Waals surface area contributed by atoms with Crippen LogP contribution in [0.25, 0.3) is 10.9 Å². The Labute approximate surface area is 113 Å². The zero-order valence-electron chi connectivity index (χ0n) is 11.5. The summed E-state index contributed by atoms with van der Waals surface area (Å²) < 4.78 is 5.16. The van der Waals surface area contributed by atoms with Crippen molar-refractivity contribution in [3.63, 3.8) is 0 Å². The standard InChI is InChI=1S/C16H19NO2/c1-3-19-16(18)11-7-8-14-13(9-11)12-6-4-5-10(2)15(12)17-14/h4-6,11,17H,3,7-9H2,1-2H3/t11-/m1/s1. The molecule has 0 spiro atoms. The van der Waals surface area contributed by atoms with E-state index < -0.39 is 0 Å². The summed E-state index contributed by atoms with van der Waals surface area (Å²) in [5.41, 5.74) is 5.09. The van der Waals surface area contributed by atoms with Crippen LogP contribution in [0.15, 0.2) is 18.2 Å². The van der Waals surface area contributed by atoms with Crippen LogP contribution >= 0.6 is 0 Å². The molecule has 1 aromatic carbocycles. The molecule has 0 amide bonds. The lowest BCUT2D eigenvalue weighted by atomic mass is 9.86. The molecule has 19 heavy (non-hydrogen) atoms. The minimum Gasteiger partial charge on any atom is -0.466 e. The highest BCUT2D eigenvalue weighted by atomic mass is 16.5. The molecule has 100 valence electrons. The molecule has 0 saturated carbocycles. The minimum absolute atomic E-state index is 0.0203. The van der Waals surface area contributed by atoms with Crippen molar-refractivity contribution in [1.82, 2.24) is 4.98 Å². The van der Waals surface area contributed by atoms with Crippen molar-refractivity contribution in [2.75, 3.05) is 6.61 Å². The van der Waals surface area contributed by atoms with Crippen molar-refractivity contribution in [2.24, 2.45) is 5.92 Å². The van der Waals surface area contributed by atoms with Crippen LogP contribution in [0.2, 0.25) is 0 Å². The fourth-order valence-corrected chi connectivity index (χ4v) is 3.05. The summed E-state index contributed by atoms with van der Waals surface area (Å²) in [5, 5.41) is 1.27. The van der Waals surface area contributed by atoms with Crippen molar-refractivity contribution >= 4 is 16.9 Å². The number of aryl methyl sites for hydroxylation is 2. The molecular weight excluding hydrogens is 238 g/mol. The fraction of sp³-hybridized carbons (Fsp3) is 0.438. The monoisotopic (exact) mass is 257 g/mol. The summed E-state index contributed by atoms with van der Waals surface area (Å²) in [6.45, 7) is 4.45.